The van der Waals surface area contributed by atoms with Crippen molar-refractivity contribution in [3.8, 4) is 0 Å². The van der Waals surface area contributed by atoms with E-state index in [9.17, 15) is 0 Å². The number of hydrogen-bond acceptors (Lipinski definition) is 4. The second-order valence-corrected chi connectivity index (χ2v) is 4.81. The van der Waals surface area contributed by atoms with E-state index in [1.54, 1.807) is 18.4 Å². The maximum Gasteiger partial charge on any atom is 0.0589 e. The van der Waals surface area contributed by atoms with Crippen LogP contribution < -0.4 is 5.32 Å². The number of nitrogens with zero attached hydrogens (tertiary/aromatic N) is 1. The molecular formula is C12H22N2OS. The van der Waals surface area contributed by atoms with Gasteiger partial charge in [0.15, 0.2) is 0 Å². The maximum atomic E-state index is 5.04. The highest BCUT2D eigenvalue weighted by atomic mass is 32.1. The minimum atomic E-state index is 0.446. The molecule has 0 aliphatic heterocycles. The van der Waals surface area contributed by atoms with Crippen LogP contribution in [0.1, 0.15) is 18.5 Å². The molecule has 0 amide bonds. The monoisotopic (exact) mass is 242 g/mol. The minimum absolute atomic E-state index is 0.446. The lowest BCUT2D eigenvalue weighted by molar-refractivity contribution is 0.161. The Balaban J connectivity index is 2.11. The number of likely N-dealkylation sites (N-methyl/N-ethyl adjacent to an activating group) is 1. The van der Waals surface area contributed by atoms with Gasteiger partial charge >= 0.3 is 0 Å². The van der Waals surface area contributed by atoms with Gasteiger partial charge < -0.3 is 15.0 Å². The number of methoxy groups -OCH3 is 1. The topological polar surface area (TPSA) is 24.5 Å². The standard InChI is InChI=1S/C12H22N2OS/c1-11(12-4-9-16-10-12)13-5-6-14(2)7-8-15-3/h4,9-11,13H,5-8H2,1-3H3. The second-order valence-electron chi connectivity index (χ2n) is 4.03. The lowest BCUT2D eigenvalue weighted by Gasteiger charge is -2.18. The lowest BCUT2D eigenvalue weighted by Crippen LogP contribution is -2.32. The van der Waals surface area contributed by atoms with Crippen LogP contribution >= 0.6 is 11.3 Å². The van der Waals surface area contributed by atoms with E-state index in [0.29, 0.717) is 6.04 Å². The smallest absolute Gasteiger partial charge is 0.0589 e. The highest BCUT2D eigenvalue weighted by Gasteiger charge is 2.04. The number of ether oxygens (including phenoxy) is 1. The van der Waals surface area contributed by atoms with Crippen LogP contribution in [-0.2, 0) is 4.74 Å². The fourth-order valence-electron chi connectivity index (χ4n) is 1.47. The molecule has 0 radical (unpaired) electrons. The van der Waals surface area contributed by atoms with Gasteiger partial charge in [-0.25, -0.2) is 0 Å². The molecule has 1 heterocycles. The van der Waals surface area contributed by atoms with E-state index in [2.05, 4.69) is 41.0 Å². The van der Waals surface area contributed by atoms with Crippen molar-refractivity contribution in [2.24, 2.45) is 0 Å². The molecule has 0 bridgehead atoms. The van der Waals surface area contributed by atoms with E-state index in [-0.39, 0.29) is 0 Å². The van der Waals surface area contributed by atoms with Gasteiger partial charge in [0.05, 0.1) is 6.61 Å². The Morgan fingerprint density at radius 2 is 2.31 bits per heavy atom. The first kappa shape index (κ1) is 13.6. The fourth-order valence-corrected chi connectivity index (χ4v) is 2.22. The minimum Gasteiger partial charge on any atom is -0.383 e. The van der Waals surface area contributed by atoms with Crippen molar-refractivity contribution >= 4 is 11.3 Å². The summed E-state index contributed by atoms with van der Waals surface area (Å²) in [7, 11) is 3.86. The second kappa shape index (κ2) is 7.79. The predicted molar refractivity (Wildman–Crippen MR) is 70.1 cm³/mol. The van der Waals surface area contributed by atoms with Gasteiger partial charge in [-0.05, 0) is 36.4 Å². The normalized spacial score (nSPS) is 13.2. The van der Waals surface area contributed by atoms with Gasteiger partial charge in [-0.3, -0.25) is 0 Å². The average molecular weight is 242 g/mol. The summed E-state index contributed by atoms with van der Waals surface area (Å²) >= 11 is 1.75. The molecule has 1 aromatic heterocycles. The van der Waals surface area contributed by atoms with Gasteiger partial charge in [0.25, 0.3) is 0 Å². The van der Waals surface area contributed by atoms with Crippen LogP contribution in [0.4, 0.5) is 0 Å². The zero-order valence-corrected chi connectivity index (χ0v) is 11.2. The molecule has 1 atom stereocenters. The van der Waals surface area contributed by atoms with Crippen LogP contribution in [0, 0.1) is 0 Å². The number of nitrogens with one attached hydrogen (secondary N) is 1. The van der Waals surface area contributed by atoms with Crippen LogP contribution in [0.3, 0.4) is 0 Å². The van der Waals surface area contributed by atoms with Gasteiger partial charge in [-0.1, -0.05) is 0 Å². The van der Waals surface area contributed by atoms with E-state index < -0.39 is 0 Å². The zero-order valence-electron chi connectivity index (χ0n) is 10.4. The summed E-state index contributed by atoms with van der Waals surface area (Å²) in [6.07, 6.45) is 0. The Labute approximate surface area is 102 Å². The Kier molecular flexibility index (Phi) is 6.64. The molecule has 0 aliphatic carbocycles. The Morgan fingerprint density at radius 3 is 2.94 bits per heavy atom. The Bertz CT molecular complexity index is 264. The van der Waals surface area contributed by atoms with E-state index in [1.807, 2.05) is 0 Å². The molecule has 1 rings (SSSR count). The summed E-state index contributed by atoms with van der Waals surface area (Å²) in [5.41, 5.74) is 1.38. The van der Waals surface area contributed by atoms with Crippen molar-refractivity contribution in [1.82, 2.24) is 10.2 Å². The Morgan fingerprint density at radius 1 is 1.50 bits per heavy atom. The van der Waals surface area contributed by atoms with E-state index in [1.165, 1.54) is 5.56 Å². The summed E-state index contributed by atoms with van der Waals surface area (Å²) in [6, 6.07) is 2.62. The molecule has 92 valence electrons. The number of thiophene rings is 1. The predicted octanol–water partition coefficient (Wildman–Crippen LogP) is 1.98. The number of hydrogen-bond donors (Lipinski definition) is 1. The third kappa shape index (κ3) is 5.07. The first-order chi connectivity index (χ1) is 7.74. The first-order valence-electron chi connectivity index (χ1n) is 5.67. The molecule has 0 aromatic carbocycles. The SMILES string of the molecule is COCCN(C)CCNC(C)c1ccsc1. The summed E-state index contributed by atoms with van der Waals surface area (Å²) in [5.74, 6) is 0. The van der Waals surface area contributed by atoms with Crippen molar-refractivity contribution in [1.29, 1.82) is 0 Å². The summed E-state index contributed by atoms with van der Waals surface area (Å²) in [5, 5.41) is 7.84. The van der Waals surface area contributed by atoms with Crippen LogP contribution in [-0.4, -0.2) is 45.3 Å². The first-order valence-corrected chi connectivity index (χ1v) is 6.61. The molecule has 1 N–H and O–H groups in total. The summed E-state index contributed by atoms with van der Waals surface area (Å²) < 4.78 is 5.04. The van der Waals surface area contributed by atoms with E-state index in [0.717, 1.165) is 26.2 Å². The van der Waals surface area contributed by atoms with Crippen molar-refractivity contribution in [2.45, 2.75) is 13.0 Å². The molecular weight excluding hydrogens is 220 g/mol. The lowest BCUT2D eigenvalue weighted by atomic mass is 10.2. The van der Waals surface area contributed by atoms with Crippen LogP contribution in [0.15, 0.2) is 16.8 Å². The zero-order chi connectivity index (χ0) is 11.8. The molecule has 1 unspecified atom stereocenters. The van der Waals surface area contributed by atoms with Gasteiger partial charge in [0.1, 0.15) is 0 Å². The molecule has 4 heteroatoms. The van der Waals surface area contributed by atoms with E-state index >= 15 is 0 Å². The van der Waals surface area contributed by atoms with Gasteiger partial charge in [0.2, 0.25) is 0 Å². The van der Waals surface area contributed by atoms with Gasteiger partial charge in [-0.15, -0.1) is 0 Å². The van der Waals surface area contributed by atoms with Crippen molar-refractivity contribution in [2.75, 3.05) is 40.4 Å². The molecule has 3 nitrogen and oxygen atoms in total. The van der Waals surface area contributed by atoms with Crippen molar-refractivity contribution in [3.05, 3.63) is 22.4 Å². The highest BCUT2D eigenvalue weighted by Crippen LogP contribution is 2.14. The molecule has 0 fully saturated rings. The average Bonchev–Trinajstić information content (AvgIpc) is 2.79. The molecule has 0 aliphatic rings. The van der Waals surface area contributed by atoms with Gasteiger partial charge in [-0.2, -0.15) is 11.3 Å². The van der Waals surface area contributed by atoms with E-state index in [4.69, 9.17) is 4.74 Å². The third-order valence-corrected chi connectivity index (χ3v) is 3.37. The maximum absolute atomic E-state index is 5.04. The molecule has 0 saturated heterocycles. The molecule has 16 heavy (non-hydrogen) atoms. The molecule has 0 saturated carbocycles. The number of rotatable bonds is 8. The van der Waals surface area contributed by atoms with Crippen molar-refractivity contribution < 1.29 is 4.74 Å². The quantitative estimate of drug-likeness (QED) is 0.754. The fraction of sp³-hybridized carbons (Fsp3) is 0.667. The van der Waals surface area contributed by atoms with Crippen LogP contribution in [0.5, 0.6) is 0 Å². The molecule has 1 aromatic rings. The summed E-state index contributed by atoms with van der Waals surface area (Å²) in [4.78, 5) is 2.27. The van der Waals surface area contributed by atoms with Crippen LogP contribution in [0.2, 0.25) is 0 Å². The van der Waals surface area contributed by atoms with Gasteiger partial charge in [0, 0.05) is 32.8 Å². The largest absolute Gasteiger partial charge is 0.383 e. The third-order valence-electron chi connectivity index (χ3n) is 2.66. The summed E-state index contributed by atoms with van der Waals surface area (Å²) in [6.45, 7) is 6.06. The van der Waals surface area contributed by atoms with Crippen LogP contribution in [0.25, 0.3) is 0 Å². The Hall–Kier alpha value is -0.420. The highest BCUT2D eigenvalue weighted by molar-refractivity contribution is 7.07. The van der Waals surface area contributed by atoms with Crippen molar-refractivity contribution in [3.63, 3.8) is 0 Å². The molecule has 0 spiro atoms.